The normalized spacial score (nSPS) is 17.4. The Bertz CT molecular complexity index is 107. The van der Waals surface area contributed by atoms with Gasteiger partial charge in [0, 0.05) is 13.1 Å². The predicted octanol–water partition coefficient (Wildman–Crippen LogP) is -0.734. The highest BCUT2D eigenvalue weighted by molar-refractivity contribution is 4.61. The van der Waals surface area contributed by atoms with Crippen LogP contribution in [-0.2, 0) is 4.74 Å². The quantitative estimate of drug-likeness (QED) is 0.312. The van der Waals surface area contributed by atoms with Gasteiger partial charge in [-0.05, 0) is 25.9 Å². The van der Waals surface area contributed by atoms with Gasteiger partial charge in [-0.1, -0.05) is 6.42 Å². The molecule has 1 rings (SSSR count). The fourth-order valence-corrected chi connectivity index (χ4v) is 1.48. The Kier molecular flexibility index (Phi) is 10.7. The lowest BCUT2D eigenvalue weighted by Crippen LogP contribution is -2.36. The van der Waals surface area contributed by atoms with E-state index in [0.717, 1.165) is 32.8 Å². The van der Waals surface area contributed by atoms with Gasteiger partial charge in [0.2, 0.25) is 0 Å². The van der Waals surface area contributed by atoms with E-state index in [1.54, 1.807) is 0 Å². The number of nitrogens with two attached hydrogens (primary N) is 3. The average Bonchev–Trinajstić information content (AvgIpc) is 2.29. The second kappa shape index (κ2) is 10.9. The van der Waals surface area contributed by atoms with Crippen molar-refractivity contribution in [2.24, 2.45) is 17.4 Å². The fraction of sp³-hybridized carbons (Fsp3) is 1.00. The van der Waals surface area contributed by atoms with Crippen LogP contribution in [0.3, 0.4) is 0 Å². The molecule has 14 heavy (non-hydrogen) atoms. The molecule has 0 unspecified atom stereocenters. The predicted molar refractivity (Wildman–Crippen MR) is 58.5 cm³/mol. The molecule has 0 aromatic carbocycles. The van der Waals surface area contributed by atoms with Crippen LogP contribution in [0, 0.1) is 0 Å². The molecule has 0 aromatic heterocycles. The molecule has 5 heteroatoms. The van der Waals surface area contributed by atoms with Crippen molar-refractivity contribution in [3.05, 3.63) is 0 Å². The van der Waals surface area contributed by atoms with Gasteiger partial charge in [-0.3, -0.25) is 16.6 Å². The van der Waals surface area contributed by atoms with Crippen molar-refractivity contribution in [1.29, 1.82) is 0 Å². The average molecular weight is 204 g/mol. The largest absolute Gasteiger partial charge is 0.379 e. The monoisotopic (exact) mass is 204 g/mol. The van der Waals surface area contributed by atoms with Crippen LogP contribution in [0.1, 0.15) is 19.3 Å². The molecule has 86 valence electrons. The van der Waals surface area contributed by atoms with Gasteiger partial charge in [0.1, 0.15) is 0 Å². The third-order valence-corrected chi connectivity index (χ3v) is 2.28. The number of unbranched alkanes of at least 4 members (excludes halogenated alkanes) is 2. The standard InChI is InChI=1S/C9H20N2O.H4N2/c10-4-2-1-3-5-11-6-8-12-9-7-11;1-2/h1-10H2;1-2H2. The Morgan fingerprint density at radius 1 is 1.00 bits per heavy atom. The van der Waals surface area contributed by atoms with Gasteiger partial charge in [0.05, 0.1) is 13.2 Å². The van der Waals surface area contributed by atoms with E-state index < -0.39 is 0 Å². The zero-order chi connectivity index (χ0) is 10.6. The summed E-state index contributed by atoms with van der Waals surface area (Å²) in [5, 5.41) is 0. The van der Waals surface area contributed by atoms with E-state index in [-0.39, 0.29) is 0 Å². The minimum absolute atomic E-state index is 0.836. The number of hydrogen-bond acceptors (Lipinski definition) is 5. The molecule has 1 aliphatic rings. The molecule has 0 radical (unpaired) electrons. The fourth-order valence-electron chi connectivity index (χ4n) is 1.48. The topological polar surface area (TPSA) is 90.5 Å². The van der Waals surface area contributed by atoms with Gasteiger partial charge >= 0.3 is 0 Å². The number of rotatable bonds is 5. The molecule has 0 amide bonds. The van der Waals surface area contributed by atoms with Crippen LogP contribution in [0.2, 0.25) is 0 Å². The van der Waals surface area contributed by atoms with E-state index in [4.69, 9.17) is 10.5 Å². The first-order valence-electron chi connectivity index (χ1n) is 5.27. The molecule has 0 saturated carbocycles. The van der Waals surface area contributed by atoms with Crippen molar-refractivity contribution < 1.29 is 4.74 Å². The zero-order valence-corrected chi connectivity index (χ0v) is 8.95. The summed E-state index contributed by atoms with van der Waals surface area (Å²) in [7, 11) is 0. The highest BCUT2D eigenvalue weighted by Gasteiger charge is 2.08. The van der Waals surface area contributed by atoms with Gasteiger partial charge in [-0.2, -0.15) is 0 Å². The Balaban J connectivity index is 0.000000791. The van der Waals surface area contributed by atoms with Crippen LogP contribution in [0.25, 0.3) is 0 Å². The summed E-state index contributed by atoms with van der Waals surface area (Å²) in [5.41, 5.74) is 5.41. The molecule has 0 atom stereocenters. The lowest BCUT2D eigenvalue weighted by molar-refractivity contribution is 0.0371. The number of morpholine rings is 1. The molecule has 1 heterocycles. The van der Waals surface area contributed by atoms with Crippen LogP contribution in [0.15, 0.2) is 0 Å². The van der Waals surface area contributed by atoms with E-state index in [2.05, 4.69) is 16.6 Å². The maximum Gasteiger partial charge on any atom is 0.0594 e. The van der Waals surface area contributed by atoms with Crippen LogP contribution in [-0.4, -0.2) is 44.3 Å². The third-order valence-electron chi connectivity index (χ3n) is 2.28. The summed E-state index contributed by atoms with van der Waals surface area (Å²) in [4.78, 5) is 2.47. The summed E-state index contributed by atoms with van der Waals surface area (Å²) in [6.07, 6.45) is 3.73. The van der Waals surface area contributed by atoms with Crippen molar-refractivity contribution in [2.75, 3.05) is 39.4 Å². The summed E-state index contributed by atoms with van der Waals surface area (Å²) in [6, 6.07) is 0. The van der Waals surface area contributed by atoms with E-state index in [1.807, 2.05) is 0 Å². The van der Waals surface area contributed by atoms with Crippen LogP contribution < -0.4 is 17.4 Å². The van der Waals surface area contributed by atoms with E-state index in [0.29, 0.717) is 0 Å². The maximum absolute atomic E-state index is 5.41. The SMILES string of the molecule is NCCCCCN1CCOCC1.NN. The van der Waals surface area contributed by atoms with Crippen LogP contribution in [0.5, 0.6) is 0 Å². The third kappa shape index (κ3) is 7.23. The Morgan fingerprint density at radius 2 is 1.64 bits per heavy atom. The van der Waals surface area contributed by atoms with Gasteiger partial charge in [0.15, 0.2) is 0 Å². The molecule has 1 fully saturated rings. The molecule has 0 spiro atoms. The van der Waals surface area contributed by atoms with Gasteiger partial charge in [0.25, 0.3) is 0 Å². The molecule has 1 aliphatic heterocycles. The van der Waals surface area contributed by atoms with Crippen molar-refractivity contribution in [3.63, 3.8) is 0 Å². The maximum atomic E-state index is 5.41. The van der Waals surface area contributed by atoms with Crippen molar-refractivity contribution >= 4 is 0 Å². The smallest absolute Gasteiger partial charge is 0.0594 e. The van der Waals surface area contributed by atoms with Gasteiger partial charge in [-0.15, -0.1) is 0 Å². The second-order valence-electron chi connectivity index (χ2n) is 3.30. The van der Waals surface area contributed by atoms with E-state index in [9.17, 15) is 0 Å². The molecule has 5 nitrogen and oxygen atoms in total. The molecule has 1 saturated heterocycles. The summed E-state index contributed by atoms with van der Waals surface area (Å²) < 4.78 is 5.27. The van der Waals surface area contributed by atoms with E-state index in [1.165, 1.54) is 25.8 Å². The first-order valence-corrected chi connectivity index (χ1v) is 5.27. The lowest BCUT2D eigenvalue weighted by atomic mass is 10.2. The highest BCUT2D eigenvalue weighted by atomic mass is 16.5. The number of ether oxygens (including phenoxy) is 1. The van der Waals surface area contributed by atoms with Crippen molar-refractivity contribution in [3.8, 4) is 0 Å². The molecular formula is C9H24N4O. The summed E-state index contributed by atoms with van der Waals surface area (Å²) in [6.45, 7) is 6.12. The minimum Gasteiger partial charge on any atom is -0.379 e. The Morgan fingerprint density at radius 3 is 2.21 bits per heavy atom. The molecule has 0 aliphatic carbocycles. The van der Waals surface area contributed by atoms with Gasteiger partial charge in [-0.25, -0.2) is 0 Å². The zero-order valence-electron chi connectivity index (χ0n) is 8.95. The lowest BCUT2D eigenvalue weighted by Gasteiger charge is -2.26. The first kappa shape index (κ1) is 13.8. The molecule has 6 N–H and O–H groups in total. The Hall–Kier alpha value is -0.200. The Labute approximate surface area is 86.5 Å². The van der Waals surface area contributed by atoms with Crippen molar-refractivity contribution in [1.82, 2.24) is 4.90 Å². The second-order valence-corrected chi connectivity index (χ2v) is 3.30. The number of hydrogen-bond donors (Lipinski definition) is 3. The number of nitrogens with zero attached hydrogens (tertiary/aromatic N) is 1. The van der Waals surface area contributed by atoms with E-state index >= 15 is 0 Å². The minimum atomic E-state index is 0.836. The van der Waals surface area contributed by atoms with Gasteiger partial charge < -0.3 is 10.5 Å². The first-order chi connectivity index (χ1) is 6.93. The molecular weight excluding hydrogens is 180 g/mol. The van der Waals surface area contributed by atoms with Crippen LogP contribution >= 0.6 is 0 Å². The molecule has 0 bridgehead atoms. The van der Waals surface area contributed by atoms with Crippen molar-refractivity contribution in [2.45, 2.75) is 19.3 Å². The highest BCUT2D eigenvalue weighted by Crippen LogP contribution is 2.01. The summed E-state index contributed by atoms with van der Waals surface area (Å²) in [5.74, 6) is 8.00. The summed E-state index contributed by atoms with van der Waals surface area (Å²) >= 11 is 0. The number of hydrazine groups is 1. The van der Waals surface area contributed by atoms with Crippen LogP contribution in [0.4, 0.5) is 0 Å². The molecule has 0 aromatic rings.